The van der Waals surface area contributed by atoms with Gasteiger partial charge in [0.25, 0.3) is 0 Å². The number of piperazine rings is 1. The van der Waals surface area contributed by atoms with Crippen LogP contribution in [-0.4, -0.2) is 52.0 Å². The summed E-state index contributed by atoms with van der Waals surface area (Å²) in [5.74, 6) is -1.01. The maximum absolute atomic E-state index is 13.3. The molecule has 9 heteroatoms. The Balaban J connectivity index is 1.31. The predicted molar refractivity (Wildman–Crippen MR) is 107 cm³/mol. The molecule has 3 heterocycles. The molecule has 0 atom stereocenters. The first-order valence-corrected chi connectivity index (χ1v) is 10.1. The fraction of sp³-hybridized carbons (Fsp3) is 0.316. The van der Waals surface area contributed by atoms with Gasteiger partial charge in [-0.05, 0) is 36.2 Å². The van der Waals surface area contributed by atoms with Gasteiger partial charge in [-0.1, -0.05) is 17.7 Å². The normalized spacial score (nSPS) is 15.2. The highest BCUT2D eigenvalue weighted by molar-refractivity contribution is 7.09. The van der Waals surface area contributed by atoms with Gasteiger partial charge >= 0.3 is 0 Å². The highest BCUT2D eigenvalue weighted by Crippen LogP contribution is 2.25. The summed E-state index contributed by atoms with van der Waals surface area (Å²) in [7, 11) is 0. The lowest BCUT2D eigenvalue weighted by molar-refractivity contribution is 0.261. The molecule has 1 saturated heterocycles. The van der Waals surface area contributed by atoms with E-state index in [0.29, 0.717) is 23.0 Å². The van der Waals surface area contributed by atoms with Gasteiger partial charge in [0.15, 0.2) is 17.5 Å². The quantitative estimate of drug-likeness (QED) is 0.625. The maximum Gasteiger partial charge on any atom is 0.205 e. The molecule has 0 radical (unpaired) electrons. The lowest BCUT2D eigenvalue weighted by Gasteiger charge is -2.34. The van der Waals surface area contributed by atoms with Crippen molar-refractivity contribution in [2.24, 2.45) is 0 Å². The van der Waals surface area contributed by atoms with Crippen molar-refractivity contribution in [3.05, 3.63) is 58.7 Å². The summed E-state index contributed by atoms with van der Waals surface area (Å²) in [6.07, 6.45) is 2.34. The van der Waals surface area contributed by atoms with Crippen LogP contribution < -0.4 is 4.90 Å². The number of anilines is 1. The van der Waals surface area contributed by atoms with Gasteiger partial charge in [-0.25, -0.2) is 8.78 Å². The zero-order valence-corrected chi connectivity index (χ0v) is 16.6. The second-order valence-corrected chi connectivity index (χ2v) is 7.75. The first-order chi connectivity index (χ1) is 13.6. The Morgan fingerprint density at radius 2 is 1.86 bits per heavy atom. The van der Waals surface area contributed by atoms with E-state index in [1.54, 1.807) is 24.4 Å². The van der Waals surface area contributed by atoms with Crippen molar-refractivity contribution >= 4 is 28.3 Å². The first kappa shape index (κ1) is 19.2. The molecule has 1 aliphatic rings. The van der Waals surface area contributed by atoms with Crippen LogP contribution in [0.3, 0.4) is 0 Å². The molecule has 0 unspecified atom stereocenters. The van der Waals surface area contributed by atoms with Crippen LogP contribution in [0.5, 0.6) is 0 Å². The summed E-state index contributed by atoms with van der Waals surface area (Å²) in [6, 6.07) is 7.57. The van der Waals surface area contributed by atoms with E-state index in [-0.39, 0.29) is 0 Å². The minimum Gasteiger partial charge on any atom is -0.344 e. The van der Waals surface area contributed by atoms with Gasteiger partial charge in [-0.2, -0.15) is 9.36 Å². The van der Waals surface area contributed by atoms with E-state index in [4.69, 9.17) is 11.6 Å². The third kappa shape index (κ3) is 4.45. The summed E-state index contributed by atoms with van der Waals surface area (Å²) in [6.45, 7) is 4.26. The molecule has 3 aromatic rings. The monoisotopic (exact) mass is 421 g/mol. The van der Waals surface area contributed by atoms with Crippen molar-refractivity contribution in [2.75, 3.05) is 37.6 Å². The number of halogens is 3. The fourth-order valence-electron chi connectivity index (χ4n) is 3.12. The van der Waals surface area contributed by atoms with E-state index in [9.17, 15) is 8.78 Å². The molecule has 0 bridgehead atoms. The number of hydrogen-bond donors (Lipinski definition) is 0. The van der Waals surface area contributed by atoms with Gasteiger partial charge in [-0.3, -0.25) is 9.88 Å². The Morgan fingerprint density at radius 3 is 2.61 bits per heavy atom. The zero-order chi connectivity index (χ0) is 19.5. The number of rotatable bonds is 5. The van der Waals surface area contributed by atoms with E-state index >= 15 is 0 Å². The van der Waals surface area contributed by atoms with Crippen LogP contribution in [-0.2, 0) is 6.42 Å². The molecule has 1 aromatic carbocycles. The third-order valence-corrected chi connectivity index (χ3v) is 5.72. The summed E-state index contributed by atoms with van der Waals surface area (Å²) < 4.78 is 30.7. The van der Waals surface area contributed by atoms with E-state index < -0.39 is 11.6 Å². The number of hydrogen-bond acceptors (Lipinski definition) is 6. The van der Waals surface area contributed by atoms with E-state index in [1.165, 1.54) is 23.7 Å². The largest absolute Gasteiger partial charge is 0.344 e. The highest BCUT2D eigenvalue weighted by atomic mass is 35.5. The standard InChI is InChI=1S/C19H18ClF2N5S/c20-14-3-5-23-17(12-14)18-24-19(28-25-18)27-9-7-26(8-10-27)6-4-13-1-2-15(21)16(22)11-13/h1-3,5,11-12H,4,6-10H2. The van der Waals surface area contributed by atoms with Crippen LogP contribution in [0.2, 0.25) is 5.02 Å². The van der Waals surface area contributed by atoms with Gasteiger partial charge in [0.1, 0.15) is 5.69 Å². The van der Waals surface area contributed by atoms with E-state index in [0.717, 1.165) is 43.4 Å². The van der Waals surface area contributed by atoms with E-state index in [2.05, 4.69) is 24.1 Å². The zero-order valence-electron chi connectivity index (χ0n) is 15.0. The first-order valence-electron chi connectivity index (χ1n) is 8.95. The van der Waals surface area contributed by atoms with Crippen molar-refractivity contribution in [3.8, 4) is 11.5 Å². The molecule has 1 aliphatic heterocycles. The maximum atomic E-state index is 13.3. The molecule has 5 nitrogen and oxygen atoms in total. The van der Waals surface area contributed by atoms with Gasteiger partial charge in [0.2, 0.25) is 5.13 Å². The highest BCUT2D eigenvalue weighted by Gasteiger charge is 2.20. The second kappa shape index (κ2) is 8.46. The lowest BCUT2D eigenvalue weighted by atomic mass is 10.1. The van der Waals surface area contributed by atoms with Crippen molar-refractivity contribution < 1.29 is 8.78 Å². The van der Waals surface area contributed by atoms with Crippen LogP contribution in [0.15, 0.2) is 36.5 Å². The Labute approximate surface area is 170 Å². The SMILES string of the molecule is Fc1ccc(CCN2CCN(c3nc(-c4cc(Cl)ccn4)ns3)CC2)cc1F. The average Bonchev–Trinajstić information content (AvgIpc) is 3.20. The molecule has 0 amide bonds. The molecule has 146 valence electrons. The average molecular weight is 422 g/mol. The smallest absolute Gasteiger partial charge is 0.205 e. The van der Waals surface area contributed by atoms with Crippen molar-refractivity contribution in [1.29, 1.82) is 0 Å². The number of pyridine rings is 1. The van der Waals surface area contributed by atoms with Gasteiger partial charge < -0.3 is 4.90 Å². The molecule has 0 aliphatic carbocycles. The minimum atomic E-state index is -0.804. The molecule has 0 N–H and O–H groups in total. The van der Waals surface area contributed by atoms with Crippen LogP contribution in [0, 0.1) is 11.6 Å². The molecular weight excluding hydrogens is 404 g/mol. The predicted octanol–water partition coefficient (Wildman–Crippen LogP) is 3.90. The molecular formula is C19H18ClF2N5S. The number of benzene rings is 1. The fourth-order valence-corrected chi connectivity index (χ4v) is 4.01. The van der Waals surface area contributed by atoms with Crippen molar-refractivity contribution in [1.82, 2.24) is 19.2 Å². The molecule has 1 fully saturated rings. The topological polar surface area (TPSA) is 45.2 Å². The van der Waals surface area contributed by atoms with Crippen molar-refractivity contribution in [2.45, 2.75) is 6.42 Å². The summed E-state index contributed by atoms with van der Waals surface area (Å²) >= 11 is 7.37. The van der Waals surface area contributed by atoms with Gasteiger partial charge in [0.05, 0.1) is 0 Å². The minimum absolute atomic E-state index is 0.586. The molecule has 2 aromatic heterocycles. The van der Waals surface area contributed by atoms with Crippen molar-refractivity contribution in [3.63, 3.8) is 0 Å². The summed E-state index contributed by atoms with van der Waals surface area (Å²) in [5, 5.41) is 1.48. The Morgan fingerprint density at radius 1 is 1.04 bits per heavy atom. The number of aromatic nitrogens is 3. The molecule has 4 rings (SSSR count). The lowest BCUT2D eigenvalue weighted by Crippen LogP contribution is -2.47. The van der Waals surface area contributed by atoms with Crippen LogP contribution in [0.4, 0.5) is 13.9 Å². The van der Waals surface area contributed by atoms with Gasteiger partial charge in [-0.15, -0.1) is 0 Å². The molecule has 0 saturated carbocycles. The third-order valence-electron chi connectivity index (χ3n) is 4.71. The second-order valence-electron chi connectivity index (χ2n) is 6.59. The Bertz CT molecular complexity index is 959. The summed E-state index contributed by atoms with van der Waals surface area (Å²) in [5.41, 5.74) is 1.48. The molecule has 28 heavy (non-hydrogen) atoms. The van der Waals surface area contributed by atoms with Gasteiger partial charge in [0, 0.05) is 55.5 Å². The van der Waals surface area contributed by atoms with Crippen LogP contribution in [0.1, 0.15) is 5.56 Å². The Kier molecular flexibility index (Phi) is 5.79. The summed E-state index contributed by atoms with van der Waals surface area (Å²) in [4.78, 5) is 13.4. The Hall–Kier alpha value is -2.16. The van der Waals surface area contributed by atoms with Crippen LogP contribution >= 0.6 is 23.1 Å². The van der Waals surface area contributed by atoms with E-state index in [1.807, 2.05) is 0 Å². The number of nitrogens with zero attached hydrogens (tertiary/aromatic N) is 5. The molecule has 0 spiro atoms. The van der Waals surface area contributed by atoms with Crippen LogP contribution in [0.25, 0.3) is 11.5 Å².